The van der Waals surface area contributed by atoms with Crippen LogP contribution in [0.5, 0.6) is 0 Å². The van der Waals surface area contributed by atoms with E-state index in [-0.39, 0.29) is 17.9 Å². The lowest BCUT2D eigenvalue weighted by atomic mass is 9.92. The van der Waals surface area contributed by atoms with Crippen molar-refractivity contribution in [1.82, 2.24) is 19.7 Å². The molecule has 2 aromatic rings. The first-order chi connectivity index (χ1) is 11.6. The normalized spacial score (nSPS) is 20.5. The maximum Gasteiger partial charge on any atom is 0.267 e. The standard InChI is InChI=1S/C17H21N5O2/c1-21-13(10-18)5-6-15(21)17(23)19-11-12-4-3-9-24-16(12)14-7-8-20-22(14)2/h5-8,12,16H,3-4,9,11H2,1-2H3,(H,19,23)/t12-,16+/m0/s1. The monoisotopic (exact) mass is 327 g/mol. The fraction of sp³-hybridized carbons (Fsp3) is 0.471. The molecule has 0 spiro atoms. The Morgan fingerprint density at radius 2 is 2.29 bits per heavy atom. The topological polar surface area (TPSA) is 84.9 Å². The van der Waals surface area contributed by atoms with Crippen LogP contribution in [-0.4, -0.2) is 33.4 Å². The number of amides is 1. The second-order valence-corrected chi connectivity index (χ2v) is 6.06. The summed E-state index contributed by atoms with van der Waals surface area (Å²) in [4.78, 5) is 12.4. The Kier molecular flexibility index (Phi) is 4.67. The van der Waals surface area contributed by atoms with Gasteiger partial charge in [-0.15, -0.1) is 0 Å². The first kappa shape index (κ1) is 16.3. The third kappa shape index (κ3) is 3.05. The summed E-state index contributed by atoms with van der Waals surface area (Å²) in [6.45, 7) is 1.26. The second kappa shape index (κ2) is 6.89. The van der Waals surface area contributed by atoms with E-state index in [1.54, 1.807) is 29.9 Å². The molecule has 1 saturated heterocycles. The summed E-state index contributed by atoms with van der Waals surface area (Å²) in [5, 5.41) is 16.2. The first-order valence-corrected chi connectivity index (χ1v) is 8.05. The molecule has 126 valence electrons. The molecule has 1 aliphatic heterocycles. The van der Waals surface area contributed by atoms with Crippen LogP contribution in [0.15, 0.2) is 24.4 Å². The van der Waals surface area contributed by atoms with Crippen molar-refractivity contribution in [3.63, 3.8) is 0 Å². The van der Waals surface area contributed by atoms with Gasteiger partial charge >= 0.3 is 0 Å². The van der Waals surface area contributed by atoms with Crippen LogP contribution in [0.4, 0.5) is 0 Å². The van der Waals surface area contributed by atoms with E-state index in [0.29, 0.717) is 17.9 Å². The van der Waals surface area contributed by atoms with E-state index in [9.17, 15) is 4.79 Å². The van der Waals surface area contributed by atoms with E-state index >= 15 is 0 Å². The summed E-state index contributed by atoms with van der Waals surface area (Å²) in [6, 6.07) is 7.34. The van der Waals surface area contributed by atoms with Gasteiger partial charge in [0.1, 0.15) is 23.6 Å². The quantitative estimate of drug-likeness (QED) is 0.923. The average Bonchev–Trinajstić information content (AvgIpc) is 3.18. The lowest BCUT2D eigenvalue weighted by Gasteiger charge is -2.32. The number of carbonyl (C=O) groups excluding carboxylic acids is 1. The molecule has 2 aromatic heterocycles. The van der Waals surface area contributed by atoms with E-state index in [1.165, 1.54) is 0 Å². The highest BCUT2D eigenvalue weighted by Gasteiger charge is 2.30. The van der Waals surface area contributed by atoms with Crippen molar-refractivity contribution in [2.45, 2.75) is 18.9 Å². The first-order valence-electron chi connectivity index (χ1n) is 8.05. The average molecular weight is 327 g/mol. The number of aromatic nitrogens is 3. The maximum absolute atomic E-state index is 12.4. The molecule has 1 fully saturated rings. The Bertz CT molecular complexity index is 770. The van der Waals surface area contributed by atoms with E-state index in [2.05, 4.69) is 16.5 Å². The molecule has 3 heterocycles. The van der Waals surface area contributed by atoms with Gasteiger partial charge in [-0.3, -0.25) is 9.48 Å². The number of ether oxygens (including phenoxy) is 1. The Labute approximate surface area is 140 Å². The van der Waals surface area contributed by atoms with Gasteiger partial charge < -0.3 is 14.6 Å². The summed E-state index contributed by atoms with van der Waals surface area (Å²) in [7, 11) is 3.62. The molecule has 1 aliphatic rings. The number of carbonyl (C=O) groups is 1. The van der Waals surface area contributed by atoms with Crippen LogP contribution in [0.1, 0.15) is 40.8 Å². The number of hydrogen-bond acceptors (Lipinski definition) is 4. The molecule has 1 N–H and O–H groups in total. The summed E-state index contributed by atoms with van der Waals surface area (Å²) < 4.78 is 9.36. The molecule has 7 nitrogen and oxygen atoms in total. The van der Waals surface area contributed by atoms with Gasteiger partial charge in [-0.1, -0.05) is 0 Å². The Balaban J connectivity index is 1.68. The molecule has 1 amide bonds. The molecule has 0 radical (unpaired) electrons. The molecular weight excluding hydrogens is 306 g/mol. The fourth-order valence-electron chi connectivity index (χ4n) is 3.21. The number of aryl methyl sites for hydroxylation is 1. The molecule has 0 aliphatic carbocycles. The highest BCUT2D eigenvalue weighted by molar-refractivity contribution is 5.93. The third-order valence-electron chi connectivity index (χ3n) is 4.59. The molecule has 2 atom stereocenters. The Morgan fingerprint density at radius 3 is 2.96 bits per heavy atom. The molecule has 0 unspecified atom stereocenters. The molecule has 7 heteroatoms. The van der Waals surface area contributed by atoms with Crippen molar-refractivity contribution in [2.24, 2.45) is 20.0 Å². The zero-order valence-corrected chi connectivity index (χ0v) is 13.9. The Hall–Kier alpha value is -2.59. The largest absolute Gasteiger partial charge is 0.372 e. The van der Waals surface area contributed by atoms with Crippen LogP contribution in [0, 0.1) is 17.2 Å². The zero-order chi connectivity index (χ0) is 17.1. The molecule has 0 saturated carbocycles. The van der Waals surface area contributed by atoms with Gasteiger partial charge in [-0.25, -0.2) is 0 Å². The van der Waals surface area contributed by atoms with Gasteiger partial charge in [-0.2, -0.15) is 10.4 Å². The van der Waals surface area contributed by atoms with Gasteiger partial charge in [0.05, 0.1) is 5.69 Å². The SMILES string of the molecule is Cn1nccc1[C@@H]1OCCC[C@H]1CNC(=O)c1ccc(C#N)n1C. The third-order valence-corrected chi connectivity index (χ3v) is 4.59. The predicted molar refractivity (Wildman–Crippen MR) is 87.1 cm³/mol. The molecule has 0 bridgehead atoms. The molecule has 0 aromatic carbocycles. The Morgan fingerprint density at radius 1 is 1.46 bits per heavy atom. The lowest BCUT2D eigenvalue weighted by molar-refractivity contribution is -0.0317. The second-order valence-electron chi connectivity index (χ2n) is 6.06. The molecule has 24 heavy (non-hydrogen) atoms. The minimum Gasteiger partial charge on any atom is -0.372 e. The minimum atomic E-state index is -0.173. The number of nitriles is 1. The van der Waals surface area contributed by atoms with E-state index < -0.39 is 0 Å². The van der Waals surface area contributed by atoms with Crippen molar-refractivity contribution < 1.29 is 9.53 Å². The van der Waals surface area contributed by atoms with Gasteiger partial charge in [0.2, 0.25) is 0 Å². The van der Waals surface area contributed by atoms with Gasteiger partial charge in [-0.05, 0) is 31.0 Å². The maximum atomic E-state index is 12.4. The van der Waals surface area contributed by atoms with Crippen LogP contribution in [0.3, 0.4) is 0 Å². The highest BCUT2D eigenvalue weighted by Crippen LogP contribution is 2.32. The van der Waals surface area contributed by atoms with Crippen LogP contribution >= 0.6 is 0 Å². The highest BCUT2D eigenvalue weighted by atomic mass is 16.5. The smallest absolute Gasteiger partial charge is 0.267 e. The van der Waals surface area contributed by atoms with E-state index in [4.69, 9.17) is 10.00 Å². The number of nitrogens with zero attached hydrogens (tertiary/aromatic N) is 4. The molecular formula is C17H21N5O2. The van der Waals surface area contributed by atoms with Crippen molar-refractivity contribution in [2.75, 3.05) is 13.2 Å². The van der Waals surface area contributed by atoms with Crippen molar-refractivity contribution in [3.8, 4) is 6.07 Å². The predicted octanol–water partition coefficient (Wildman–Crippen LogP) is 1.53. The minimum absolute atomic E-state index is 0.0605. The number of rotatable bonds is 4. The van der Waals surface area contributed by atoms with Crippen LogP contribution in [-0.2, 0) is 18.8 Å². The number of nitrogens with one attached hydrogen (secondary N) is 1. The summed E-state index contributed by atoms with van der Waals surface area (Å²) in [6.07, 6.45) is 3.68. The van der Waals surface area contributed by atoms with Crippen LogP contribution in [0.2, 0.25) is 0 Å². The fourth-order valence-corrected chi connectivity index (χ4v) is 3.21. The van der Waals surface area contributed by atoms with E-state index in [1.807, 2.05) is 17.8 Å². The van der Waals surface area contributed by atoms with Gasteiger partial charge in [0.25, 0.3) is 5.91 Å². The summed E-state index contributed by atoms with van der Waals surface area (Å²) >= 11 is 0. The van der Waals surface area contributed by atoms with Gasteiger partial charge in [0, 0.05) is 39.4 Å². The lowest BCUT2D eigenvalue weighted by Crippen LogP contribution is -2.36. The number of hydrogen-bond donors (Lipinski definition) is 1. The van der Waals surface area contributed by atoms with Crippen molar-refractivity contribution in [3.05, 3.63) is 41.5 Å². The zero-order valence-electron chi connectivity index (χ0n) is 13.9. The molecule has 3 rings (SSSR count). The van der Waals surface area contributed by atoms with Crippen molar-refractivity contribution in [1.29, 1.82) is 5.26 Å². The van der Waals surface area contributed by atoms with Crippen LogP contribution < -0.4 is 5.32 Å². The van der Waals surface area contributed by atoms with E-state index in [0.717, 1.165) is 25.1 Å². The van der Waals surface area contributed by atoms with Crippen molar-refractivity contribution >= 4 is 5.91 Å². The summed E-state index contributed by atoms with van der Waals surface area (Å²) in [5.41, 5.74) is 1.98. The summed E-state index contributed by atoms with van der Waals surface area (Å²) in [5.74, 6) is 0.0298. The van der Waals surface area contributed by atoms with Gasteiger partial charge in [0.15, 0.2) is 0 Å². The van der Waals surface area contributed by atoms with Crippen LogP contribution in [0.25, 0.3) is 0 Å².